The van der Waals surface area contributed by atoms with E-state index in [0.29, 0.717) is 13.2 Å². The van der Waals surface area contributed by atoms with E-state index in [1.807, 2.05) is 13.8 Å². The highest BCUT2D eigenvalue weighted by atomic mass is 16.7. The van der Waals surface area contributed by atoms with Crippen molar-refractivity contribution in [1.29, 1.82) is 0 Å². The van der Waals surface area contributed by atoms with Gasteiger partial charge < -0.3 is 14.2 Å². The van der Waals surface area contributed by atoms with Gasteiger partial charge in [-0.3, -0.25) is 0 Å². The summed E-state index contributed by atoms with van der Waals surface area (Å²) in [5, 5.41) is 0. The van der Waals surface area contributed by atoms with E-state index < -0.39 is 0 Å². The van der Waals surface area contributed by atoms with Gasteiger partial charge in [0.2, 0.25) is 0 Å². The minimum Gasteiger partial charge on any atom is -0.382 e. The van der Waals surface area contributed by atoms with Crippen LogP contribution in [0.3, 0.4) is 0 Å². The minimum absolute atomic E-state index is 0.116. The van der Waals surface area contributed by atoms with E-state index in [9.17, 15) is 0 Å². The lowest BCUT2D eigenvalue weighted by molar-refractivity contribution is -0.159. The van der Waals surface area contributed by atoms with Crippen molar-refractivity contribution in [1.82, 2.24) is 0 Å². The molecule has 0 aromatic rings. The Kier molecular flexibility index (Phi) is 6.79. The molecule has 0 saturated carbocycles. The molecule has 0 aliphatic carbocycles. The van der Waals surface area contributed by atoms with Gasteiger partial charge in [-0.1, -0.05) is 13.0 Å². The highest BCUT2D eigenvalue weighted by molar-refractivity contribution is 4.72. The van der Waals surface area contributed by atoms with E-state index in [1.165, 1.54) is 0 Å². The molecule has 0 bridgehead atoms. The SMILES string of the molecule is C=CC.CCC1(C)OCC(COC)O1. The van der Waals surface area contributed by atoms with Crippen molar-refractivity contribution >= 4 is 0 Å². The molecule has 1 heterocycles. The van der Waals surface area contributed by atoms with E-state index in [4.69, 9.17) is 14.2 Å². The van der Waals surface area contributed by atoms with Crippen molar-refractivity contribution in [3.8, 4) is 0 Å². The zero-order chi connectivity index (χ0) is 11.0. The second-order valence-electron chi connectivity index (χ2n) is 3.40. The van der Waals surface area contributed by atoms with Gasteiger partial charge in [0.1, 0.15) is 6.10 Å². The maximum Gasteiger partial charge on any atom is 0.165 e. The third kappa shape index (κ3) is 4.74. The van der Waals surface area contributed by atoms with Crippen LogP contribution in [0.15, 0.2) is 12.7 Å². The summed E-state index contributed by atoms with van der Waals surface area (Å²) in [5.74, 6) is -0.372. The standard InChI is InChI=1S/C8H16O3.C3H6/c1-4-8(2)10-6-7(11-8)5-9-3;1-3-2/h7H,4-6H2,1-3H3;3H,1H2,2H3. The fraction of sp³-hybridized carbons (Fsp3) is 0.818. The average molecular weight is 202 g/mol. The lowest BCUT2D eigenvalue weighted by Crippen LogP contribution is -2.26. The molecule has 84 valence electrons. The monoisotopic (exact) mass is 202 g/mol. The highest BCUT2D eigenvalue weighted by Crippen LogP contribution is 2.25. The van der Waals surface area contributed by atoms with Crippen LogP contribution in [0.2, 0.25) is 0 Å². The third-order valence-electron chi connectivity index (χ3n) is 1.99. The first-order chi connectivity index (χ1) is 6.61. The van der Waals surface area contributed by atoms with E-state index >= 15 is 0 Å². The fourth-order valence-corrected chi connectivity index (χ4v) is 1.14. The molecule has 0 aromatic carbocycles. The summed E-state index contributed by atoms with van der Waals surface area (Å²) >= 11 is 0. The molecule has 0 N–H and O–H groups in total. The maximum atomic E-state index is 5.59. The molecule has 1 saturated heterocycles. The molecule has 1 aliphatic heterocycles. The Bertz CT molecular complexity index is 159. The zero-order valence-electron chi connectivity index (χ0n) is 9.71. The molecule has 3 nitrogen and oxygen atoms in total. The van der Waals surface area contributed by atoms with Crippen molar-refractivity contribution in [2.24, 2.45) is 0 Å². The Hall–Kier alpha value is -0.380. The van der Waals surface area contributed by atoms with Gasteiger partial charge in [-0.05, 0) is 20.3 Å². The van der Waals surface area contributed by atoms with Gasteiger partial charge in [-0.15, -0.1) is 6.58 Å². The topological polar surface area (TPSA) is 27.7 Å². The van der Waals surface area contributed by atoms with Crippen LogP contribution in [0.1, 0.15) is 27.2 Å². The van der Waals surface area contributed by atoms with Crippen LogP contribution in [-0.4, -0.2) is 32.2 Å². The lowest BCUT2D eigenvalue weighted by atomic mass is 10.2. The van der Waals surface area contributed by atoms with E-state index in [1.54, 1.807) is 13.2 Å². The molecule has 0 amide bonds. The van der Waals surface area contributed by atoms with Gasteiger partial charge in [0.25, 0.3) is 0 Å². The number of hydrogen-bond donors (Lipinski definition) is 0. The smallest absolute Gasteiger partial charge is 0.165 e. The number of ether oxygens (including phenoxy) is 3. The van der Waals surface area contributed by atoms with Crippen molar-refractivity contribution in [3.05, 3.63) is 12.7 Å². The summed E-state index contributed by atoms with van der Waals surface area (Å²) in [6, 6.07) is 0. The van der Waals surface area contributed by atoms with Gasteiger partial charge in [0.15, 0.2) is 5.79 Å². The summed E-state index contributed by atoms with van der Waals surface area (Å²) < 4.78 is 16.0. The van der Waals surface area contributed by atoms with Crippen molar-refractivity contribution < 1.29 is 14.2 Å². The van der Waals surface area contributed by atoms with Crippen LogP contribution >= 0.6 is 0 Å². The molecule has 0 spiro atoms. The number of allylic oxidation sites excluding steroid dienone is 1. The van der Waals surface area contributed by atoms with E-state index in [0.717, 1.165) is 6.42 Å². The molecule has 2 atom stereocenters. The molecular weight excluding hydrogens is 180 g/mol. The molecule has 1 fully saturated rings. The van der Waals surface area contributed by atoms with Crippen molar-refractivity contribution in [3.63, 3.8) is 0 Å². The predicted octanol–water partition coefficient (Wildman–Crippen LogP) is 2.37. The second kappa shape index (κ2) is 6.98. The Labute approximate surface area is 87.0 Å². The molecular formula is C11H22O3. The van der Waals surface area contributed by atoms with E-state index in [2.05, 4.69) is 13.5 Å². The largest absolute Gasteiger partial charge is 0.382 e. The quantitative estimate of drug-likeness (QED) is 0.658. The molecule has 2 unspecified atom stereocenters. The molecule has 1 aliphatic rings. The zero-order valence-corrected chi connectivity index (χ0v) is 9.71. The van der Waals surface area contributed by atoms with Crippen LogP contribution in [0.25, 0.3) is 0 Å². The molecule has 1 rings (SSSR count). The summed E-state index contributed by atoms with van der Waals surface area (Å²) in [6.45, 7) is 10.5. The summed E-state index contributed by atoms with van der Waals surface area (Å²) in [4.78, 5) is 0. The van der Waals surface area contributed by atoms with Gasteiger partial charge in [0, 0.05) is 7.11 Å². The third-order valence-corrected chi connectivity index (χ3v) is 1.99. The van der Waals surface area contributed by atoms with Crippen molar-refractivity contribution in [2.75, 3.05) is 20.3 Å². The van der Waals surface area contributed by atoms with Crippen LogP contribution in [0.4, 0.5) is 0 Å². The van der Waals surface area contributed by atoms with Crippen molar-refractivity contribution in [2.45, 2.75) is 39.1 Å². The molecule has 0 aromatic heterocycles. The lowest BCUT2D eigenvalue weighted by Gasteiger charge is -2.20. The van der Waals surface area contributed by atoms with Crippen LogP contribution in [0.5, 0.6) is 0 Å². The first kappa shape index (κ1) is 13.6. The number of rotatable bonds is 3. The normalized spacial score (nSPS) is 30.7. The Morgan fingerprint density at radius 2 is 2.21 bits per heavy atom. The van der Waals surface area contributed by atoms with Gasteiger partial charge in [-0.25, -0.2) is 0 Å². The number of hydrogen-bond acceptors (Lipinski definition) is 3. The summed E-state index contributed by atoms with van der Waals surface area (Å²) in [5.41, 5.74) is 0. The Morgan fingerprint density at radius 1 is 1.64 bits per heavy atom. The van der Waals surface area contributed by atoms with E-state index in [-0.39, 0.29) is 11.9 Å². The minimum atomic E-state index is -0.372. The first-order valence-corrected chi connectivity index (χ1v) is 4.99. The number of methoxy groups -OCH3 is 1. The Morgan fingerprint density at radius 3 is 2.57 bits per heavy atom. The maximum absolute atomic E-state index is 5.59. The molecule has 14 heavy (non-hydrogen) atoms. The summed E-state index contributed by atoms with van der Waals surface area (Å²) in [7, 11) is 1.67. The van der Waals surface area contributed by atoms with Crippen LogP contribution in [-0.2, 0) is 14.2 Å². The predicted molar refractivity (Wildman–Crippen MR) is 57.3 cm³/mol. The average Bonchev–Trinajstić information content (AvgIpc) is 2.51. The molecule has 3 heteroatoms. The van der Waals surface area contributed by atoms with Crippen LogP contribution < -0.4 is 0 Å². The van der Waals surface area contributed by atoms with Gasteiger partial charge in [-0.2, -0.15) is 0 Å². The molecule has 0 radical (unpaired) electrons. The fourth-order valence-electron chi connectivity index (χ4n) is 1.14. The van der Waals surface area contributed by atoms with Gasteiger partial charge in [0.05, 0.1) is 13.2 Å². The second-order valence-corrected chi connectivity index (χ2v) is 3.40. The van der Waals surface area contributed by atoms with Gasteiger partial charge >= 0.3 is 0 Å². The van der Waals surface area contributed by atoms with Crippen LogP contribution in [0, 0.1) is 0 Å². The first-order valence-electron chi connectivity index (χ1n) is 4.99. The summed E-state index contributed by atoms with van der Waals surface area (Å²) in [6.07, 6.45) is 2.75. The highest BCUT2D eigenvalue weighted by Gasteiger charge is 2.35. The Balaban J connectivity index is 0.000000500.